The largest absolute Gasteiger partial charge is 0.300 e. The monoisotopic (exact) mass is 153 g/mol. The second-order valence-corrected chi connectivity index (χ2v) is 4.37. The fourth-order valence-corrected chi connectivity index (χ4v) is 2.48. The highest BCUT2D eigenvalue weighted by molar-refractivity contribution is 4.90. The van der Waals surface area contributed by atoms with Crippen molar-refractivity contribution in [1.82, 2.24) is 4.90 Å². The summed E-state index contributed by atoms with van der Waals surface area (Å²) in [6, 6.07) is 1.88. The van der Waals surface area contributed by atoms with Crippen molar-refractivity contribution < 1.29 is 0 Å². The van der Waals surface area contributed by atoms with Crippen molar-refractivity contribution in [3.8, 4) is 0 Å². The fraction of sp³-hybridized carbons (Fsp3) is 1.00. The summed E-state index contributed by atoms with van der Waals surface area (Å²) in [7, 11) is 2.32. The lowest BCUT2D eigenvalue weighted by molar-refractivity contribution is 0.197. The average Bonchev–Trinajstić information content (AvgIpc) is 2.74. The molecule has 2 fully saturated rings. The molecule has 11 heavy (non-hydrogen) atoms. The van der Waals surface area contributed by atoms with E-state index in [0.29, 0.717) is 0 Å². The molecule has 0 aliphatic heterocycles. The number of hydrogen-bond donors (Lipinski definition) is 0. The van der Waals surface area contributed by atoms with Crippen molar-refractivity contribution >= 4 is 0 Å². The van der Waals surface area contributed by atoms with E-state index in [1.54, 1.807) is 0 Å². The molecule has 0 aromatic heterocycles. The van der Waals surface area contributed by atoms with Crippen molar-refractivity contribution in [2.75, 3.05) is 7.05 Å². The van der Waals surface area contributed by atoms with E-state index in [1.807, 2.05) is 0 Å². The van der Waals surface area contributed by atoms with E-state index in [4.69, 9.17) is 0 Å². The zero-order valence-electron chi connectivity index (χ0n) is 7.71. The highest BCUT2D eigenvalue weighted by Crippen LogP contribution is 2.35. The molecule has 2 rings (SSSR count). The van der Waals surface area contributed by atoms with E-state index in [2.05, 4.69) is 18.9 Å². The maximum Gasteiger partial charge on any atom is 0.0121 e. The van der Waals surface area contributed by atoms with E-state index in [0.717, 1.165) is 18.0 Å². The minimum atomic E-state index is 0.919. The van der Waals surface area contributed by atoms with Gasteiger partial charge >= 0.3 is 0 Å². The van der Waals surface area contributed by atoms with Crippen LogP contribution in [0.1, 0.15) is 39.0 Å². The Hall–Kier alpha value is -0.0400. The van der Waals surface area contributed by atoms with Crippen LogP contribution >= 0.6 is 0 Å². The molecule has 0 saturated heterocycles. The maximum absolute atomic E-state index is 2.64. The van der Waals surface area contributed by atoms with E-state index >= 15 is 0 Å². The molecule has 0 amide bonds. The number of rotatable bonds is 2. The molecule has 0 aromatic carbocycles. The highest BCUT2D eigenvalue weighted by Gasteiger charge is 2.35. The SMILES string of the molecule is CC1CCCC1N(C)C1CC1. The topological polar surface area (TPSA) is 3.24 Å². The molecule has 2 saturated carbocycles. The molecular formula is C10H19N. The van der Waals surface area contributed by atoms with Gasteiger partial charge in [0.1, 0.15) is 0 Å². The Bertz CT molecular complexity index is 140. The third kappa shape index (κ3) is 1.44. The van der Waals surface area contributed by atoms with Crippen LogP contribution in [0.25, 0.3) is 0 Å². The van der Waals surface area contributed by atoms with Crippen LogP contribution in [0.4, 0.5) is 0 Å². The van der Waals surface area contributed by atoms with Gasteiger partial charge in [0.15, 0.2) is 0 Å². The molecule has 2 unspecified atom stereocenters. The summed E-state index contributed by atoms with van der Waals surface area (Å²) in [6.07, 6.45) is 7.29. The lowest BCUT2D eigenvalue weighted by Crippen LogP contribution is -2.35. The van der Waals surface area contributed by atoms with Crippen LogP contribution < -0.4 is 0 Å². The molecule has 0 aromatic rings. The van der Waals surface area contributed by atoms with Gasteiger partial charge in [-0.15, -0.1) is 0 Å². The van der Waals surface area contributed by atoms with Crippen LogP contribution in [0.5, 0.6) is 0 Å². The molecule has 0 heterocycles. The van der Waals surface area contributed by atoms with E-state index in [-0.39, 0.29) is 0 Å². The van der Waals surface area contributed by atoms with Gasteiger partial charge < -0.3 is 4.90 Å². The second kappa shape index (κ2) is 2.78. The molecule has 1 nitrogen and oxygen atoms in total. The first kappa shape index (κ1) is 7.60. The van der Waals surface area contributed by atoms with Crippen LogP contribution in [0.2, 0.25) is 0 Å². The van der Waals surface area contributed by atoms with Gasteiger partial charge in [-0.2, -0.15) is 0 Å². The molecule has 0 N–H and O–H groups in total. The summed E-state index contributed by atoms with van der Waals surface area (Å²) in [5, 5.41) is 0. The van der Waals surface area contributed by atoms with Gasteiger partial charge in [0.25, 0.3) is 0 Å². The predicted octanol–water partition coefficient (Wildman–Crippen LogP) is 2.27. The van der Waals surface area contributed by atoms with Crippen molar-refractivity contribution in [1.29, 1.82) is 0 Å². The Balaban J connectivity index is 1.91. The van der Waals surface area contributed by atoms with Gasteiger partial charge in [0, 0.05) is 12.1 Å². The van der Waals surface area contributed by atoms with Crippen LogP contribution in [0.15, 0.2) is 0 Å². The molecule has 64 valence electrons. The van der Waals surface area contributed by atoms with Crippen LogP contribution in [-0.4, -0.2) is 24.0 Å². The predicted molar refractivity (Wildman–Crippen MR) is 47.6 cm³/mol. The molecular weight excluding hydrogens is 134 g/mol. The Labute approximate surface area is 69.8 Å². The molecule has 0 radical (unpaired) electrons. The normalized spacial score (nSPS) is 38.5. The fourth-order valence-electron chi connectivity index (χ4n) is 2.48. The van der Waals surface area contributed by atoms with E-state index in [1.165, 1.54) is 32.1 Å². The first-order chi connectivity index (χ1) is 5.29. The van der Waals surface area contributed by atoms with Gasteiger partial charge in [-0.3, -0.25) is 0 Å². The summed E-state index contributed by atoms with van der Waals surface area (Å²) in [5.74, 6) is 0.959. The lowest BCUT2D eigenvalue weighted by Gasteiger charge is -2.27. The third-order valence-electron chi connectivity index (χ3n) is 3.46. The molecule has 1 heteroatoms. The number of nitrogens with zero attached hydrogens (tertiary/aromatic N) is 1. The summed E-state index contributed by atoms with van der Waals surface area (Å²) in [4.78, 5) is 2.64. The minimum absolute atomic E-state index is 0.919. The molecule has 0 spiro atoms. The lowest BCUT2D eigenvalue weighted by atomic mass is 10.1. The minimum Gasteiger partial charge on any atom is -0.300 e. The van der Waals surface area contributed by atoms with E-state index < -0.39 is 0 Å². The second-order valence-electron chi connectivity index (χ2n) is 4.37. The smallest absolute Gasteiger partial charge is 0.0121 e. The summed E-state index contributed by atoms with van der Waals surface area (Å²) < 4.78 is 0. The highest BCUT2D eigenvalue weighted by atomic mass is 15.2. The Kier molecular flexibility index (Phi) is 1.92. The molecule has 0 bridgehead atoms. The van der Waals surface area contributed by atoms with Crippen molar-refractivity contribution in [2.45, 2.75) is 51.1 Å². The Morgan fingerprint density at radius 2 is 1.82 bits per heavy atom. The zero-order chi connectivity index (χ0) is 7.84. The summed E-state index contributed by atoms with van der Waals surface area (Å²) in [5.41, 5.74) is 0. The number of hydrogen-bond acceptors (Lipinski definition) is 1. The Morgan fingerprint density at radius 1 is 1.09 bits per heavy atom. The average molecular weight is 153 g/mol. The Morgan fingerprint density at radius 3 is 2.27 bits per heavy atom. The van der Waals surface area contributed by atoms with Gasteiger partial charge in [-0.25, -0.2) is 0 Å². The van der Waals surface area contributed by atoms with Gasteiger partial charge in [0.2, 0.25) is 0 Å². The first-order valence-electron chi connectivity index (χ1n) is 5.01. The summed E-state index contributed by atoms with van der Waals surface area (Å²) in [6.45, 7) is 2.41. The molecule has 2 aliphatic rings. The van der Waals surface area contributed by atoms with E-state index in [9.17, 15) is 0 Å². The first-order valence-corrected chi connectivity index (χ1v) is 5.01. The molecule has 2 aliphatic carbocycles. The zero-order valence-corrected chi connectivity index (χ0v) is 7.71. The van der Waals surface area contributed by atoms with Crippen LogP contribution in [-0.2, 0) is 0 Å². The van der Waals surface area contributed by atoms with Gasteiger partial charge in [0.05, 0.1) is 0 Å². The van der Waals surface area contributed by atoms with Crippen LogP contribution in [0, 0.1) is 5.92 Å². The summed E-state index contributed by atoms with van der Waals surface area (Å²) >= 11 is 0. The quantitative estimate of drug-likeness (QED) is 0.588. The van der Waals surface area contributed by atoms with Crippen molar-refractivity contribution in [3.63, 3.8) is 0 Å². The third-order valence-corrected chi connectivity index (χ3v) is 3.46. The van der Waals surface area contributed by atoms with Gasteiger partial charge in [-0.1, -0.05) is 13.3 Å². The van der Waals surface area contributed by atoms with Gasteiger partial charge in [-0.05, 0) is 38.6 Å². The van der Waals surface area contributed by atoms with Crippen molar-refractivity contribution in [3.05, 3.63) is 0 Å². The van der Waals surface area contributed by atoms with Crippen molar-refractivity contribution in [2.24, 2.45) is 5.92 Å². The van der Waals surface area contributed by atoms with Crippen LogP contribution in [0.3, 0.4) is 0 Å². The maximum atomic E-state index is 2.64. The molecule has 2 atom stereocenters. The standard InChI is InChI=1S/C10H19N/c1-8-4-3-5-10(8)11(2)9-6-7-9/h8-10H,3-7H2,1-2H3.